The number of nitriles is 1. The summed E-state index contributed by atoms with van der Waals surface area (Å²) in [5.74, 6) is 0.178. The third-order valence-corrected chi connectivity index (χ3v) is 5.40. The van der Waals surface area contributed by atoms with Gasteiger partial charge in [-0.3, -0.25) is 4.79 Å². The predicted molar refractivity (Wildman–Crippen MR) is 113 cm³/mol. The molecule has 0 unspecified atom stereocenters. The van der Waals surface area contributed by atoms with Crippen molar-refractivity contribution < 1.29 is 23.8 Å². The molecule has 0 N–H and O–H groups in total. The number of carbonyl (C=O) groups is 2. The highest BCUT2D eigenvalue weighted by atomic mass is 16.5. The van der Waals surface area contributed by atoms with Gasteiger partial charge in [-0.15, -0.1) is 0 Å². The van der Waals surface area contributed by atoms with E-state index in [2.05, 4.69) is 6.07 Å². The molecule has 0 heterocycles. The Hall–Kier alpha value is -3.01. The number of amides is 1. The van der Waals surface area contributed by atoms with Gasteiger partial charge in [-0.2, -0.15) is 5.26 Å². The number of carbonyl (C=O) groups excluding carboxylic acids is 2. The Labute approximate surface area is 178 Å². The fraction of sp³-hybridized carbons (Fsp3) is 0.522. The minimum atomic E-state index is -0.978. The summed E-state index contributed by atoms with van der Waals surface area (Å²) in [5, 5.41) is 9.65. The summed E-state index contributed by atoms with van der Waals surface area (Å²) >= 11 is 0. The molecule has 162 valence electrons. The highest BCUT2D eigenvalue weighted by Gasteiger charge is 2.40. The fourth-order valence-electron chi connectivity index (χ4n) is 3.63. The number of nitrogens with zero attached hydrogens (tertiary/aromatic N) is 2. The minimum Gasteiger partial charge on any atom is -0.493 e. The highest BCUT2D eigenvalue weighted by molar-refractivity contribution is 5.90. The van der Waals surface area contributed by atoms with Crippen LogP contribution in [0.2, 0.25) is 0 Å². The van der Waals surface area contributed by atoms with Gasteiger partial charge in [0, 0.05) is 13.1 Å². The van der Waals surface area contributed by atoms with Crippen LogP contribution in [0.15, 0.2) is 24.3 Å². The number of ether oxygens (including phenoxy) is 3. The molecule has 1 aromatic rings. The third kappa shape index (κ3) is 5.53. The lowest BCUT2D eigenvalue weighted by Gasteiger charge is -2.39. The quantitative estimate of drug-likeness (QED) is 0.476. The van der Waals surface area contributed by atoms with Gasteiger partial charge in [-0.1, -0.05) is 25.3 Å². The van der Waals surface area contributed by atoms with Gasteiger partial charge in [0.25, 0.3) is 5.91 Å². The summed E-state index contributed by atoms with van der Waals surface area (Å²) in [5.41, 5.74) is -0.0842. The average molecular weight is 415 g/mol. The minimum absolute atomic E-state index is 0.372. The summed E-state index contributed by atoms with van der Waals surface area (Å²) in [6.07, 6.45) is 6.05. The Morgan fingerprint density at radius 2 is 1.97 bits per heavy atom. The van der Waals surface area contributed by atoms with Crippen molar-refractivity contribution in [2.45, 2.75) is 57.6 Å². The SMILES string of the molecule is CCOc1ccc(/C=C/C(=O)O[C@@H](C)C(=O)N(C)C2(C#N)CCCCC2)cc1OC. The molecule has 1 amide bonds. The molecule has 1 atom stereocenters. The predicted octanol–water partition coefficient (Wildman–Crippen LogP) is 3.72. The zero-order valence-corrected chi connectivity index (χ0v) is 18.1. The summed E-state index contributed by atoms with van der Waals surface area (Å²) in [7, 11) is 3.16. The summed E-state index contributed by atoms with van der Waals surface area (Å²) in [4.78, 5) is 26.4. The van der Waals surface area contributed by atoms with E-state index in [1.165, 1.54) is 17.9 Å². The van der Waals surface area contributed by atoms with Crippen LogP contribution < -0.4 is 9.47 Å². The molecule has 0 bridgehead atoms. The molecule has 7 nitrogen and oxygen atoms in total. The first-order valence-electron chi connectivity index (χ1n) is 10.3. The Balaban J connectivity index is 2.00. The van der Waals surface area contributed by atoms with Crippen molar-refractivity contribution in [1.29, 1.82) is 5.26 Å². The number of hydrogen-bond donors (Lipinski definition) is 0. The van der Waals surface area contributed by atoms with E-state index in [0.717, 1.165) is 24.8 Å². The van der Waals surface area contributed by atoms with Gasteiger partial charge in [0.15, 0.2) is 17.6 Å². The van der Waals surface area contributed by atoms with Crippen LogP contribution in [0.1, 0.15) is 51.5 Å². The second-order valence-electron chi connectivity index (χ2n) is 7.36. The second kappa shape index (κ2) is 10.7. The summed E-state index contributed by atoms with van der Waals surface area (Å²) < 4.78 is 16.0. The first-order chi connectivity index (χ1) is 14.4. The van der Waals surface area contributed by atoms with Crippen molar-refractivity contribution in [1.82, 2.24) is 4.90 Å². The van der Waals surface area contributed by atoms with E-state index < -0.39 is 17.6 Å². The zero-order chi connectivity index (χ0) is 22.1. The van der Waals surface area contributed by atoms with E-state index in [0.29, 0.717) is 30.9 Å². The molecular formula is C23H30N2O5. The lowest BCUT2D eigenvalue weighted by Crippen LogP contribution is -2.53. The van der Waals surface area contributed by atoms with Crippen LogP contribution in [0, 0.1) is 11.3 Å². The molecule has 30 heavy (non-hydrogen) atoms. The Kier molecular flexibility index (Phi) is 8.28. The number of hydrogen-bond acceptors (Lipinski definition) is 6. The molecule has 0 aromatic heterocycles. The van der Waals surface area contributed by atoms with Crippen molar-refractivity contribution in [3.05, 3.63) is 29.8 Å². The third-order valence-electron chi connectivity index (χ3n) is 5.40. The molecule has 0 spiro atoms. The molecule has 1 aliphatic rings. The van der Waals surface area contributed by atoms with Gasteiger partial charge < -0.3 is 19.1 Å². The fourth-order valence-corrected chi connectivity index (χ4v) is 3.63. The topological polar surface area (TPSA) is 88.9 Å². The maximum atomic E-state index is 12.7. The number of benzene rings is 1. The van der Waals surface area contributed by atoms with Gasteiger partial charge in [0.1, 0.15) is 5.54 Å². The van der Waals surface area contributed by atoms with Gasteiger partial charge in [0.2, 0.25) is 0 Å². The van der Waals surface area contributed by atoms with Crippen molar-refractivity contribution in [3.8, 4) is 17.6 Å². The van der Waals surface area contributed by atoms with E-state index in [-0.39, 0.29) is 5.91 Å². The zero-order valence-electron chi connectivity index (χ0n) is 18.1. The second-order valence-corrected chi connectivity index (χ2v) is 7.36. The number of rotatable bonds is 8. The number of methoxy groups -OCH3 is 1. The normalized spacial score (nSPS) is 16.4. The number of likely N-dealkylation sites (N-methyl/N-ethyl adjacent to an activating group) is 1. The number of esters is 1. The average Bonchev–Trinajstić information content (AvgIpc) is 2.77. The Bertz CT molecular complexity index is 821. The first-order valence-corrected chi connectivity index (χ1v) is 10.3. The summed E-state index contributed by atoms with van der Waals surface area (Å²) in [6.45, 7) is 3.93. The van der Waals surface area contributed by atoms with Crippen molar-refractivity contribution in [3.63, 3.8) is 0 Å². The molecule has 7 heteroatoms. The molecule has 1 saturated carbocycles. The van der Waals surface area contributed by atoms with Gasteiger partial charge in [0.05, 0.1) is 19.8 Å². The van der Waals surface area contributed by atoms with Crippen LogP contribution in [0.4, 0.5) is 0 Å². The molecule has 0 saturated heterocycles. The maximum Gasteiger partial charge on any atom is 0.331 e. The molecule has 2 rings (SSSR count). The highest BCUT2D eigenvalue weighted by Crippen LogP contribution is 2.33. The van der Waals surface area contributed by atoms with E-state index in [1.54, 1.807) is 38.4 Å². The Morgan fingerprint density at radius 1 is 1.27 bits per heavy atom. The van der Waals surface area contributed by atoms with Crippen LogP contribution in [0.3, 0.4) is 0 Å². The lowest BCUT2D eigenvalue weighted by atomic mass is 9.81. The molecule has 1 aliphatic carbocycles. The van der Waals surface area contributed by atoms with Crippen LogP contribution in [-0.4, -0.2) is 49.2 Å². The van der Waals surface area contributed by atoms with E-state index in [4.69, 9.17) is 14.2 Å². The maximum absolute atomic E-state index is 12.7. The van der Waals surface area contributed by atoms with E-state index >= 15 is 0 Å². The van der Waals surface area contributed by atoms with Crippen LogP contribution in [0.25, 0.3) is 6.08 Å². The molecular weight excluding hydrogens is 384 g/mol. The van der Waals surface area contributed by atoms with Crippen LogP contribution >= 0.6 is 0 Å². The smallest absolute Gasteiger partial charge is 0.331 e. The standard InChI is InChI=1S/C23H30N2O5/c1-5-29-19-11-9-18(15-20(19)28-4)10-12-21(26)30-17(2)22(27)25(3)23(16-24)13-7-6-8-14-23/h9-12,15,17H,5-8,13-14H2,1-4H3/b12-10+/t17-/m0/s1. The molecule has 1 fully saturated rings. The molecule has 0 aliphatic heterocycles. The van der Waals surface area contributed by atoms with Crippen LogP contribution in [-0.2, 0) is 14.3 Å². The molecule has 1 aromatic carbocycles. The monoisotopic (exact) mass is 414 g/mol. The van der Waals surface area contributed by atoms with Gasteiger partial charge >= 0.3 is 5.97 Å². The largest absolute Gasteiger partial charge is 0.493 e. The molecule has 0 radical (unpaired) electrons. The van der Waals surface area contributed by atoms with Crippen LogP contribution in [0.5, 0.6) is 11.5 Å². The lowest BCUT2D eigenvalue weighted by molar-refractivity contribution is -0.157. The van der Waals surface area contributed by atoms with Gasteiger partial charge in [-0.05, 0) is 50.5 Å². The van der Waals surface area contributed by atoms with Crippen molar-refractivity contribution in [2.75, 3.05) is 20.8 Å². The van der Waals surface area contributed by atoms with E-state index in [1.807, 2.05) is 6.92 Å². The first kappa shape index (κ1) is 23.3. The van der Waals surface area contributed by atoms with Gasteiger partial charge in [-0.25, -0.2) is 4.79 Å². The van der Waals surface area contributed by atoms with Crippen molar-refractivity contribution in [2.24, 2.45) is 0 Å². The van der Waals surface area contributed by atoms with E-state index in [9.17, 15) is 14.9 Å². The summed E-state index contributed by atoms with van der Waals surface area (Å²) in [6, 6.07) is 7.61. The Morgan fingerprint density at radius 3 is 2.57 bits per heavy atom. The van der Waals surface area contributed by atoms with Crippen molar-refractivity contribution >= 4 is 18.0 Å².